The minimum atomic E-state index is -0.939. The van der Waals surface area contributed by atoms with E-state index in [2.05, 4.69) is 18.0 Å². The lowest BCUT2D eigenvalue weighted by Gasteiger charge is -2.06. The first-order valence-electron chi connectivity index (χ1n) is 8.79. The number of aliphatic carboxylic acids is 1. The van der Waals surface area contributed by atoms with Crippen molar-refractivity contribution < 1.29 is 14.7 Å². The average molecular weight is 328 g/mol. The van der Waals surface area contributed by atoms with E-state index in [-0.39, 0.29) is 12.3 Å². The summed E-state index contributed by atoms with van der Waals surface area (Å²) in [5.41, 5.74) is 4.50. The molecule has 0 aromatic carbocycles. The zero-order valence-corrected chi connectivity index (χ0v) is 15.1. The van der Waals surface area contributed by atoms with E-state index in [1.807, 2.05) is 6.08 Å². The highest BCUT2D eigenvalue weighted by molar-refractivity contribution is 5.83. The zero-order valence-electron chi connectivity index (χ0n) is 15.1. The molecule has 0 fully saturated rings. The highest BCUT2D eigenvalue weighted by atomic mass is 16.4. The van der Waals surface area contributed by atoms with Crippen LogP contribution in [0.15, 0.2) is 12.2 Å². The Morgan fingerprint density at radius 3 is 2.04 bits per heavy atom. The van der Waals surface area contributed by atoms with Gasteiger partial charge in [-0.25, -0.2) is 0 Å². The van der Waals surface area contributed by atoms with Crippen molar-refractivity contribution in [3.05, 3.63) is 12.2 Å². The maximum absolute atomic E-state index is 11.2. The number of carbonyl (C=O) groups excluding carboxylic acids is 1. The second kappa shape index (κ2) is 18.7. The Labute approximate surface area is 141 Å². The molecule has 0 aromatic rings. The van der Waals surface area contributed by atoms with Crippen LogP contribution in [0.25, 0.3) is 0 Å². The molecular weight excluding hydrogens is 292 g/mol. The maximum Gasteiger partial charge on any atom is 0.310 e. The van der Waals surface area contributed by atoms with Gasteiger partial charge in [0.05, 0.1) is 5.92 Å². The van der Waals surface area contributed by atoms with E-state index in [9.17, 15) is 9.59 Å². The SMILES string of the molecule is CCCCCCCCCCC=CC(CC(=O)NC)C(=O)O.CN. The standard InChI is InChI=1S/C17H31NO3.CH5N/c1-3-4-5-6-7-8-9-10-11-12-13-15(17(20)21)14-16(19)18-2;1-2/h12-13,15H,3-11,14H2,1-2H3,(H,18,19)(H,20,21);2H2,1H3. The average Bonchev–Trinajstić information content (AvgIpc) is 2.56. The fourth-order valence-corrected chi connectivity index (χ4v) is 2.20. The molecule has 0 spiro atoms. The number of hydrogen-bond acceptors (Lipinski definition) is 3. The molecule has 0 aromatic heterocycles. The summed E-state index contributed by atoms with van der Waals surface area (Å²) in [6.45, 7) is 2.22. The van der Waals surface area contributed by atoms with Crippen LogP contribution in [0.2, 0.25) is 0 Å². The number of nitrogens with one attached hydrogen (secondary N) is 1. The van der Waals surface area contributed by atoms with E-state index >= 15 is 0 Å². The summed E-state index contributed by atoms with van der Waals surface area (Å²) in [6.07, 6.45) is 14.6. The van der Waals surface area contributed by atoms with Gasteiger partial charge >= 0.3 is 5.97 Å². The van der Waals surface area contributed by atoms with Crippen LogP contribution in [0, 0.1) is 5.92 Å². The van der Waals surface area contributed by atoms with Crippen LogP contribution in [0.3, 0.4) is 0 Å². The summed E-state index contributed by atoms with van der Waals surface area (Å²) >= 11 is 0. The molecule has 5 heteroatoms. The van der Waals surface area contributed by atoms with E-state index < -0.39 is 11.9 Å². The third kappa shape index (κ3) is 16.8. The molecule has 0 heterocycles. The van der Waals surface area contributed by atoms with Gasteiger partial charge in [-0.05, 0) is 19.9 Å². The van der Waals surface area contributed by atoms with Crippen molar-refractivity contribution in [2.24, 2.45) is 11.7 Å². The van der Waals surface area contributed by atoms with Gasteiger partial charge in [0, 0.05) is 13.5 Å². The van der Waals surface area contributed by atoms with Crippen molar-refractivity contribution in [2.45, 2.75) is 71.1 Å². The summed E-state index contributed by atoms with van der Waals surface area (Å²) in [7, 11) is 3.02. The summed E-state index contributed by atoms with van der Waals surface area (Å²) in [5, 5.41) is 11.5. The Kier molecular flexibility index (Phi) is 19.4. The van der Waals surface area contributed by atoms with Crippen LogP contribution >= 0.6 is 0 Å². The normalized spacial score (nSPS) is 11.7. The zero-order chi connectivity index (χ0) is 17.9. The van der Waals surface area contributed by atoms with Gasteiger partial charge in [0.1, 0.15) is 0 Å². The second-order valence-corrected chi connectivity index (χ2v) is 5.51. The number of hydrogen-bond donors (Lipinski definition) is 3. The number of nitrogens with two attached hydrogens (primary N) is 1. The lowest BCUT2D eigenvalue weighted by atomic mass is 10.0. The van der Waals surface area contributed by atoms with Crippen LogP contribution < -0.4 is 11.1 Å². The lowest BCUT2D eigenvalue weighted by molar-refractivity contribution is -0.142. The molecule has 1 unspecified atom stereocenters. The molecule has 0 saturated carbocycles. The molecule has 0 aliphatic carbocycles. The quantitative estimate of drug-likeness (QED) is 0.356. The van der Waals surface area contributed by atoms with E-state index in [4.69, 9.17) is 5.11 Å². The first-order valence-corrected chi connectivity index (χ1v) is 8.79. The Hall–Kier alpha value is -1.36. The second-order valence-electron chi connectivity index (χ2n) is 5.51. The van der Waals surface area contributed by atoms with Gasteiger partial charge in [0.15, 0.2) is 0 Å². The smallest absolute Gasteiger partial charge is 0.310 e. The third-order valence-electron chi connectivity index (χ3n) is 3.59. The number of carboxylic acid groups (broad SMARTS) is 1. The third-order valence-corrected chi connectivity index (χ3v) is 3.59. The van der Waals surface area contributed by atoms with Crippen LogP contribution in [-0.2, 0) is 9.59 Å². The predicted molar refractivity (Wildman–Crippen MR) is 96.3 cm³/mol. The van der Waals surface area contributed by atoms with Gasteiger partial charge in [0.2, 0.25) is 5.91 Å². The summed E-state index contributed by atoms with van der Waals surface area (Å²) in [5.74, 6) is -1.89. The van der Waals surface area contributed by atoms with Gasteiger partial charge in [0.25, 0.3) is 0 Å². The molecule has 136 valence electrons. The largest absolute Gasteiger partial charge is 0.481 e. The number of carbonyl (C=O) groups is 2. The van der Waals surface area contributed by atoms with Gasteiger partial charge in [-0.1, -0.05) is 64.0 Å². The predicted octanol–water partition coefficient (Wildman–Crippen LogP) is 3.49. The topological polar surface area (TPSA) is 92.4 Å². The van der Waals surface area contributed by atoms with E-state index in [1.54, 1.807) is 6.08 Å². The van der Waals surface area contributed by atoms with Crippen LogP contribution in [0.1, 0.15) is 71.1 Å². The van der Waals surface area contributed by atoms with E-state index in [1.165, 1.54) is 59.0 Å². The van der Waals surface area contributed by atoms with Gasteiger partial charge in [-0.2, -0.15) is 0 Å². The molecular formula is C18H36N2O3. The van der Waals surface area contributed by atoms with Gasteiger partial charge < -0.3 is 16.2 Å². The Bertz CT molecular complexity index is 317. The van der Waals surface area contributed by atoms with Crippen molar-refractivity contribution in [2.75, 3.05) is 14.1 Å². The summed E-state index contributed by atoms with van der Waals surface area (Å²) in [4.78, 5) is 22.2. The van der Waals surface area contributed by atoms with Crippen LogP contribution in [-0.4, -0.2) is 31.1 Å². The van der Waals surface area contributed by atoms with E-state index in [0.29, 0.717) is 0 Å². The minimum absolute atomic E-state index is 0.0137. The Morgan fingerprint density at radius 1 is 1.04 bits per heavy atom. The fraction of sp³-hybridized carbons (Fsp3) is 0.778. The number of carboxylic acids is 1. The number of unbranched alkanes of at least 4 members (excludes halogenated alkanes) is 8. The molecule has 0 rings (SSSR count). The van der Waals surface area contributed by atoms with Crippen LogP contribution in [0.4, 0.5) is 0 Å². The number of rotatable bonds is 13. The van der Waals surface area contributed by atoms with Crippen molar-refractivity contribution in [1.82, 2.24) is 5.32 Å². The molecule has 0 radical (unpaired) electrons. The number of allylic oxidation sites excluding steroid dienone is 1. The van der Waals surface area contributed by atoms with Crippen molar-refractivity contribution in [1.29, 1.82) is 0 Å². The van der Waals surface area contributed by atoms with Crippen molar-refractivity contribution >= 4 is 11.9 Å². The highest BCUT2D eigenvalue weighted by Crippen LogP contribution is 2.11. The Morgan fingerprint density at radius 2 is 1.57 bits per heavy atom. The lowest BCUT2D eigenvalue weighted by Crippen LogP contribution is -2.24. The molecule has 4 N–H and O–H groups in total. The van der Waals surface area contributed by atoms with Crippen LogP contribution in [0.5, 0.6) is 0 Å². The van der Waals surface area contributed by atoms with Gasteiger partial charge in [-0.3, -0.25) is 9.59 Å². The Balaban J connectivity index is 0. The monoisotopic (exact) mass is 328 g/mol. The van der Waals surface area contributed by atoms with Crippen molar-refractivity contribution in [3.8, 4) is 0 Å². The van der Waals surface area contributed by atoms with Gasteiger partial charge in [-0.15, -0.1) is 0 Å². The molecule has 1 amide bonds. The molecule has 0 saturated heterocycles. The summed E-state index contributed by atoms with van der Waals surface area (Å²) in [6, 6.07) is 0. The first-order chi connectivity index (χ1) is 11.1. The van der Waals surface area contributed by atoms with E-state index in [0.717, 1.165) is 12.8 Å². The molecule has 5 nitrogen and oxygen atoms in total. The number of amides is 1. The summed E-state index contributed by atoms with van der Waals surface area (Å²) < 4.78 is 0. The molecule has 0 aliphatic rings. The molecule has 23 heavy (non-hydrogen) atoms. The maximum atomic E-state index is 11.2. The molecule has 0 bridgehead atoms. The molecule has 0 aliphatic heterocycles. The van der Waals surface area contributed by atoms with Crippen molar-refractivity contribution in [3.63, 3.8) is 0 Å². The fourth-order valence-electron chi connectivity index (χ4n) is 2.20. The first kappa shape index (κ1) is 23.9. The minimum Gasteiger partial charge on any atom is -0.481 e. The molecule has 1 atom stereocenters. The highest BCUT2D eigenvalue weighted by Gasteiger charge is 2.16.